The Labute approximate surface area is 99.7 Å². The maximum Gasteiger partial charge on any atom is 0.334 e. The number of carboxylic acids is 1. The molecule has 0 bridgehead atoms. The first-order valence-electron chi connectivity index (χ1n) is 6.28. The lowest BCUT2D eigenvalue weighted by Gasteiger charge is -2.32. The number of nitrogens with zero attached hydrogens (tertiary/aromatic N) is 1. The molecule has 2 saturated carbocycles. The first-order valence-corrected chi connectivity index (χ1v) is 6.28. The number of fused-ring (bicyclic) bond motifs is 1. The van der Waals surface area contributed by atoms with Crippen molar-refractivity contribution in [2.75, 3.05) is 19.7 Å². The molecule has 1 amide bonds. The molecule has 0 spiro atoms. The van der Waals surface area contributed by atoms with Crippen LogP contribution in [0.1, 0.15) is 19.3 Å². The molecule has 0 aromatic rings. The Morgan fingerprint density at radius 2 is 1.88 bits per heavy atom. The zero-order valence-electron chi connectivity index (χ0n) is 9.67. The summed E-state index contributed by atoms with van der Waals surface area (Å²) in [6.07, 6.45) is 2.48. The summed E-state index contributed by atoms with van der Waals surface area (Å²) in [5.41, 5.74) is 0. The third-order valence-corrected chi connectivity index (χ3v) is 4.25. The van der Waals surface area contributed by atoms with Crippen LogP contribution in [0.5, 0.6) is 0 Å². The van der Waals surface area contributed by atoms with Gasteiger partial charge in [-0.3, -0.25) is 4.79 Å². The zero-order valence-corrected chi connectivity index (χ0v) is 9.67. The quantitative estimate of drug-likeness (QED) is 0.754. The van der Waals surface area contributed by atoms with Crippen molar-refractivity contribution in [1.82, 2.24) is 4.90 Å². The highest BCUT2D eigenvalue weighted by molar-refractivity contribution is 5.81. The van der Waals surface area contributed by atoms with Gasteiger partial charge in [-0.05, 0) is 31.1 Å². The number of carboxylic acid groups (broad SMARTS) is 1. The first-order chi connectivity index (χ1) is 8.15. The Balaban J connectivity index is 1.59. The maximum absolute atomic E-state index is 12.2. The molecule has 94 valence electrons. The fourth-order valence-corrected chi connectivity index (χ4v) is 3.17. The summed E-state index contributed by atoms with van der Waals surface area (Å²) in [6.45, 7) is 1.08. The van der Waals surface area contributed by atoms with Crippen LogP contribution in [-0.2, 0) is 14.3 Å². The van der Waals surface area contributed by atoms with E-state index in [1.54, 1.807) is 4.90 Å². The number of hydrogen-bond acceptors (Lipinski definition) is 3. The van der Waals surface area contributed by atoms with Crippen LogP contribution in [0.2, 0.25) is 0 Å². The van der Waals surface area contributed by atoms with Gasteiger partial charge in [0, 0.05) is 12.5 Å². The Bertz CT molecular complexity index is 346. The molecular formula is C12H17NO4. The smallest absolute Gasteiger partial charge is 0.334 e. The molecule has 5 nitrogen and oxygen atoms in total. The van der Waals surface area contributed by atoms with Gasteiger partial charge < -0.3 is 14.7 Å². The standard InChI is InChI=1S/C12H17NO4/c14-11(9-4-7-3-8(7)5-9)13-1-2-17-10(6-13)12(15)16/h7-10H,1-6H2,(H,15,16). The van der Waals surface area contributed by atoms with Crippen molar-refractivity contribution in [3.05, 3.63) is 0 Å². The predicted octanol–water partition coefficient (Wildman–Crippen LogP) is 0.344. The second kappa shape index (κ2) is 3.98. The second-order valence-corrected chi connectivity index (χ2v) is 5.41. The third-order valence-electron chi connectivity index (χ3n) is 4.25. The summed E-state index contributed by atoms with van der Waals surface area (Å²) >= 11 is 0. The van der Waals surface area contributed by atoms with Crippen LogP contribution < -0.4 is 0 Å². The number of carbonyl (C=O) groups is 2. The van der Waals surface area contributed by atoms with E-state index in [4.69, 9.17) is 9.84 Å². The highest BCUT2D eigenvalue weighted by atomic mass is 16.5. The van der Waals surface area contributed by atoms with E-state index in [-0.39, 0.29) is 18.4 Å². The number of aliphatic carboxylic acids is 1. The summed E-state index contributed by atoms with van der Waals surface area (Å²) in [5.74, 6) is 0.871. The van der Waals surface area contributed by atoms with Gasteiger partial charge in [0.2, 0.25) is 5.91 Å². The lowest BCUT2D eigenvalue weighted by molar-refractivity contribution is -0.160. The van der Waals surface area contributed by atoms with E-state index in [2.05, 4.69) is 0 Å². The van der Waals surface area contributed by atoms with Crippen molar-refractivity contribution >= 4 is 11.9 Å². The third kappa shape index (κ3) is 2.04. The molecule has 2 aliphatic carbocycles. The molecule has 1 aliphatic heterocycles. The molecule has 1 heterocycles. The van der Waals surface area contributed by atoms with E-state index >= 15 is 0 Å². The van der Waals surface area contributed by atoms with E-state index in [0.717, 1.165) is 24.7 Å². The van der Waals surface area contributed by atoms with Gasteiger partial charge in [-0.1, -0.05) is 0 Å². The Kier molecular flexibility index (Phi) is 2.58. The number of hydrogen-bond donors (Lipinski definition) is 1. The van der Waals surface area contributed by atoms with Crippen LogP contribution in [0.15, 0.2) is 0 Å². The molecule has 3 aliphatic rings. The van der Waals surface area contributed by atoms with Crippen LogP contribution in [-0.4, -0.2) is 47.7 Å². The minimum Gasteiger partial charge on any atom is -0.479 e. The van der Waals surface area contributed by atoms with Crippen LogP contribution >= 0.6 is 0 Å². The van der Waals surface area contributed by atoms with Gasteiger partial charge in [0.1, 0.15) is 0 Å². The molecule has 3 fully saturated rings. The average Bonchev–Trinajstić information content (AvgIpc) is 2.95. The van der Waals surface area contributed by atoms with E-state index in [0.29, 0.717) is 13.2 Å². The first kappa shape index (κ1) is 11.0. The largest absolute Gasteiger partial charge is 0.479 e. The zero-order chi connectivity index (χ0) is 12.0. The number of amides is 1. The average molecular weight is 239 g/mol. The van der Waals surface area contributed by atoms with Gasteiger partial charge >= 0.3 is 5.97 Å². The lowest BCUT2D eigenvalue weighted by atomic mass is 10.0. The second-order valence-electron chi connectivity index (χ2n) is 5.41. The molecule has 0 radical (unpaired) electrons. The SMILES string of the molecule is O=C(O)C1CN(C(=O)C2CC3CC3C2)CCO1. The summed E-state index contributed by atoms with van der Waals surface area (Å²) in [5, 5.41) is 8.89. The molecular weight excluding hydrogens is 222 g/mol. The summed E-state index contributed by atoms with van der Waals surface area (Å²) < 4.78 is 5.12. The molecule has 3 rings (SSSR count). The highest BCUT2D eigenvalue weighted by Gasteiger charge is 2.49. The van der Waals surface area contributed by atoms with Gasteiger partial charge in [0.25, 0.3) is 0 Å². The van der Waals surface area contributed by atoms with Gasteiger partial charge in [-0.15, -0.1) is 0 Å². The van der Waals surface area contributed by atoms with Crippen molar-refractivity contribution in [2.45, 2.75) is 25.4 Å². The van der Waals surface area contributed by atoms with E-state index < -0.39 is 12.1 Å². The Hall–Kier alpha value is -1.10. The predicted molar refractivity (Wildman–Crippen MR) is 58.3 cm³/mol. The van der Waals surface area contributed by atoms with Gasteiger partial charge in [-0.2, -0.15) is 0 Å². The van der Waals surface area contributed by atoms with Crippen molar-refractivity contribution < 1.29 is 19.4 Å². The Morgan fingerprint density at radius 1 is 1.18 bits per heavy atom. The van der Waals surface area contributed by atoms with Gasteiger partial charge in [0.15, 0.2) is 6.10 Å². The van der Waals surface area contributed by atoms with Crippen molar-refractivity contribution in [2.24, 2.45) is 17.8 Å². The topological polar surface area (TPSA) is 66.8 Å². The monoisotopic (exact) mass is 239 g/mol. The van der Waals surface area contributed by atoms with Crippen LogP contribution in [0, 0.1) is 17.8 Å². The number of morpholine rings is 1. The highest BCUT2D eigenvalue weighted by Crippen LogP contribution is 2.54. The number of rotatable bonds is 2. The molecule has 1 N–H and O–H groups in total. The van der Waals surface area contributed by atoms with Crippen LogP contribution in [0.3, 0.4) is 0 Å². The maximum atomic E-state index is 12.2. The van der Waals surface area contributed by atoms with Crippen LogP contribution in [0.4, 0.5) is 0 Å². The van der Waals surface area contributed by atoms with Gasteiger partial charge in [0.05, 0.1) is 13.2 Å². The lowest BCUT2D eigenvalue weighted by Crippen LogP contribution is -2.50. The van der Waals surface area contributed by atoms with Crippen molar-refractivity contribution in [3.63, 3.8) is 0 Å². The molecule has 5 heteroatoms. The number of ether oxygens (including phenoxy) is 1. The van der Waals surface area contributed by atoms with E-state index in [9.17, 15) is 9.59 Å². The fraction of sp³-hybridized carbons (Fsp3) is 0.833. The van der Waals surface area contributed by atoms with E-state index in [1.807, 2.05) is 0 Å². The normalized spacial score (nSPS) is 39.9. The molecule has 0 aromatic heterocycles. The summed E-state index contributed by atoms with van der Waals surface area (Å²) in [6, 6.07) is 0. The molecule has 0 aromatic carbocycles. The van der Waals surface area contributed by atoms with Crippen molar-refractivity contribution in [3.8, 4) is 0 Å². The molecule has 1 saturated heterocycles. The Morgan fingerprint density at radius 3 is 2.53 bits per heavy atom. The minimum atomic E-state index is -0.975. The van der Waals surface area contributed by atoms with E-state index in [1.165, 1.54) is 6.42 Å². The molecule has 3 unspecified atom stereocenters. The van der Waals surface area contributed by atoms with Gasteiger partial charge in [-0.25, -0.2) is 4.79 Å². The molecule has 17 heavy (non-hydrogen) atoms. The molecule has 3 atom stereocenters. The summed E-state index contributed by atoms with van der Waals surface area (Å²) in [7, 11) is 0. The van der Waals surface area contributed by atoms with Crippen LogP contribution in [0.25, 0.3) is 0 Å². The summed E-state index contributed by atoms with van der Waals surface area (Å²) in [4.78, 5) is 24.7. The number of carbonyl (C=O) groups excluding carboxylic acids is 1. The minimum absolute atomic E-state index is 0.145. The van der Waals surface area contributed by atoms with Crippen molar-refractivity contribution in [1.29, 1.82) is 0 Å². The fourth-order valence-electron chi connectivity index (χ4n) is 3.17.